The third-order valence-corrected chi connectivity index (χ3v) is 7.51. The van der Waals surface area contributed by atoms with Crippen molar-refractivity contribution in [3.63, 3.8) is 0 Å². The smallest absolute Gasteiger partial charge is 0.408 e. The summed E-state index contributed by atoms with van der Waals surface area (Å²) < 4.78 is 5.27. The molecular weight excluding hydrogens is 512 g/mol. The van der Waals surface area contributed by atoms with E-state index in [0.717, 1.165) is 34.0 Å². The van der Waals surface area contributed by atoms with Crippen molar-refractivity contribution in [2.45, 2.75) is 71.6 Å². The van der Waals surface area contributed by atoms with Crippen molar-refractivity contribution in [2.75, 3.05) is 6.54 Å². The van der Waals surface area contributed by atoms with Crippen LogP contribution in [0.3, 0.4) is 0 Å². The number of rotatable bonds is 4. The Morgan fingerprint density at radius 2 is 1.87 bits per heavy atom. The van der Waals surface area contributed by atoms with Crippen molar-refractivity contribution >= 4 is 29.7 Å². The maximum atomic E-state index is 13.4. The van der Waals surface area contributed by atoms with Crippen LogP contribution in [0.4, 0.5) is 4.79 Å². The van der Waals surface area contributed by atoms with Gasteiger partial charge < -0.3 is 25.2 Å². The highest BCUT2D eigenvalue weighted by Crippen LogP contribution is 2.39. The third-order valence-electron chi connectivity index (χ3n) is 6.49. The van der Waals surface area contributed by atoms with E-state index in [0.29, 0.717) is 13.0 Å². The second kappa shape index (κ2) is 12.0. The molecule has 3 atom stereocenters. The van der Waals surface area contributed by atoms with Crippen LogP contribution in [0.15, 0.2) is 64.4 Å². The second-order valence-electron chi connectivity index (χ2n) is 10.9. The van der Waals surface area contributed by atoms with Gasteiger partial charge in [0.2, 0.25) is 11.8 Å². The van der Waals surface area contributed by atoms with E-state index >= 15 is 0 Å². The molecule has 8 nitrogen and oxygen atoms in total. The number of nitrogens with zero attached hydrogens (tertiary/aromatic N) is 2. The fourth-order valence-electron chi connectivity index (χ4n) is 4.50. The molecule has 0 bridgehead atoms. The second-order valence-corrected chi connectivity index (χ2v) is 12.0. The number of carbonyl (C=O) groups excluding carboxylic acids is 3. The van der Waals surface area contributed by atoms with E-state index in [1.54, 1.807) is 44.4 Å². The molecule has 3 aliphatic heterocycles. The predicted molar refractivity (Wildman–Crippen MR) is 152 cm³/mol. The summed E-state index contributed by atoms with van der Waals surface area (Å²) in [4.78, 5) is 43.2. The Hall–Kier alpha value is -3.64. The van der Waals surface area contributed by atoms with Gasteiger partial charge in [-0.15, -0.1) is 0 Å². The summed E-state index contributed by atoms with van der Waals surface area (Å²) in [5.74, 6) is 6.01. The summed E-state index contributed by atoms with van der Waals surface area (Å²) in [5, 5.41) is 6.75. The van der Waals surface area contributed by atoms with Crippen LogP contribution in [0, 0.1) is 17.8 Å². The van der Waals surface area contributed by atoms with Gasteiger partial charge in [0.05, 0.1) is 9.93 Å². The van der Waals surface area contributed by atoms with Crippen molar-refractivity contribution in [1.29, 1.82) is 0 Å². The van der Waals surface area contributed by atoms with E-state index < -0.39 is 23.8 Å². The van der Waals surface area contributed by atoms with Crippen LogP contribution in [-0.4, -0.2) is 51.9 Å². The first-order valence-electron chi connectivity index (χ1n) is 13.3. The largest absolute Gasteiger partial charge is 0.444 e. The van der Waals surface area contributed by atoms with E-state index in [1.807, 2.05) is 47.6 Å². The summed E-state index contributed by atoms with van der Waals surface area (Å²) >= 11 is 1.61. The Bertz CT molecular complexity index is 1270. The first-order chi connectivity index (χ1) is 18.5. The standard InChI is InChI=1S/C30H36N4O4S/c1-20-13-16-26-33(18-23(39-26)15-14-22-10-7-6-8-11-22)19-24(20)32-27(35)25-12-9-17-34(25)28(36)21(2)31-29(37)38-30(3,4)5/h6-8,10-11,16,18-21,25H,9,12-13,17H2,1-5H3,(H,31,37)(H,32,35). The Kier molecular flexibility index (Phi) is 8.76. The molecule has 1 saturated heterocycles. The van der Waals surface area contributed by atoms with Gasteiger partial charge in [-0.3, -0.25) is 9.59 Å². The van der Waals surface area contributed by atoms with Gasteiger partial charge in [0.1, 0.15) is 17.7 Å². The lowest BCUT2D eigenvalue weighted by Crippen LogP contribution is -2.53. The van der Waals surface area contributed by atoms with Crippen LogP contribution in [-0.2, 0) is 14.3 Å². The van der Waals surface area contributed by atoms with Crippen LogP contribution in [0.2, 0.25) is 0 Å². The molecular formula is C30H36N4O4S. The Morgan fingerprint density at radius 1 is 1.13 bits per heavy atom. The SMILES string of the molecule is CC1CC=C2SC(C#Cc3ccccc3)=CN2C=C1NC(=O)C1CCCN1C(=O)C(C)NC(=O)OC(C)(C)C. The van der Waals surface area contributed by atoms with Crippen LogP contribution in [0.5, 0.6) is 0 Å². The van der Waals surface area contributed by atoms with Crippen LogP contribution < -0.4 is 10.6 Å². The Labute approximate surface area is 234 Å². The van der Waals surface area contributed by atoms with E-state index in [-0.39, 0.29) is 17.7 Å². The number of benzene rings is 1. The molecule has 3 unspecified atom stereocenters. The highest BCUT2D eigenvalue weighted by molar-refractivity contribution is 8.07. The Balaban J connectivity index is 1.42. The molecule has 3 heterocycles. The maximum Gasteiger partial charge on any atom is 0.408 e. The molecule has 3 aliphatic rings. The monoisotopic (exact) mass is 548 g/mol. The minimum atomic E-state index is -0.807. The molecule has 1 aromatic rings. The summed E-state index contributed by atoms with van der Waals surface area (Å²) in [5.41, 5.74) is 1.08. The van der Waals surface area contributed by atoms with Crippen molar-refractivity contribution in [2.24, 2.45) is 5.92 Å². The van der Waals surface area contributed by atoms with Crippen molar-refractivity contribution in [3.8, 4) is 11.8 Å². The molecule has 2 N–H and O–H groups in total. The molecule has 1 fully saturated rings. The minimum absolute atomic E-state index is 0.0956. The number of carbonyl (C=O) groups is 3. The highest BCUT2D eigenvalue weighted by Gasteiger charge is 2.37. The summed E-state index contributed by atoms with van der Waals surface area (Å²) in [6.45, 7) is 9.43. The first kappa shape index (κ1) is 28.4. The number of nitrogens with one attached hydrogen (secondary N) is 2. The van der Waals surface area contributed by atoms with Crippen LogP contribution >= 0.6 is 11.8 Å². The van der Waals surface area contributed by atoms with Gasteiger partial charge in [-0.1, -0.05) is 54.8 Å². The maximum absolute atomic E-state index is 13.4. The summed E-state index contributed by atoms with van der Waals surface area (Å²) in [6.07, 6.45) is 7.48. The molecule has 0 saturated carbocycles. The molecule has 1 aromatic carbocycles. The summed E-state index contributed by atoms with van der Waals surface area (Å²) in [7, 11) is 0. The number of hydrogen-bond acceptors (Lipinski definition) is 6. The number of ether oxygens (including phenoxy) is 1. The Morgan fingerprint density at radius 3 is 2.59 bits per heavy atom. The zero-order chi connectivity index (χ0) is 28.2. The lowest BCUT2D eigenvalue weighted by molar-refractivity contribution is -0.139. The number of alkyl carbamates (subject to hydrolysis) is 1. The number of thioether (sulfide) groups is 1. The molecule has 206 valence electrons. The van der Waals surface area contributed by atoms with Gasteiger partial charge in [-0.25, -0.2) is 4.79 Å². The number of fused-ring (bicyclic) bond motifs is 1. The number of likely N-dealkylation sites (tertiary alicyclic amines) is 1. The topological polar surface area (TPSA) is 91.0 Å². The van der Waals surface area contributed by atoms with Crippen LogP contribution in [0.1, 0.15) is 59.4 Å². The van der Waals surface area contributed by atoms with Gasteiger partial charge in [0, 0.05) is 36.1 Å². The normalized spacial score (nSPS) is 21.3. The van der Waals surface area contributed by atoms with Crippen molar-refractivity contribution in [3.05, 3.63) is 70.0 Å². The number of hydrogen-bond donors (Lipinski definition) is 2. The fourth-order valence-corrected chi connectivity index (χ4v) is 5.39. The van der Waals surface area contributed by atoms with Gasteiger partial charge in [-0.05, 0) is 59.1 Å². The van der Waals surface area contributed by atoms with Crippen molar-refractivity contribution in [1.82, 2.24) is 20.4 Å². The molecule has 0 spiro atoms. The molecule has 3 amide bonds. The average molecular weight is 549 g/mol. The predicted octanol–water partition coefficient (Wildman–Crippen LogP) is 4.67. The lowest BCUT2D eigenvalue weighted by Gasteiger charge is -2.28. The van der Waals surface area contributed by atoms with E-state index in [1.165, 1.54) is 0 Å². The van der Waals surface area contributed by atoms with Gasteiger partial charge >= 0.3 is 6.09 Å². The van der Waals surface area contributed by atoms with Gasteiger partial charge in [0.15, 0.2) is 0 Å². The number of amides is 3. The van der Waals surface area contributed by atoms with Crippen LogP contribution in [0.25, 0.3) is 0 Å². The molecule has 39 heavy (non-hydrogen) atoms. The molecule has 4 rings (SSSR count). The number of allylic oxidation sites excluding steroid dienone is 3. The first-order valence-corrected chi connectivity index (χ1v) is 14.1. The molecule has 9 heteroatoms. The minimum Gasteiger partial charge on any atom is -0.444 e. The fraction of sp³-hybridized carbons (Fsp3) is 0.433. The lowest BCUT2D eigenvalue weighted by atomic mass is 10.0. The van der Waals surface area contributed by atoms with E-state index in [9.17, 15) is 14.4 Å². The van der Waals surface area contributed by atoms with E-state index in [2.05, 4.69) is 35.5 Å². The summed E-state index contributed by atoms with van der Waals surface area (Å²) in [6, 6.07) is 8.45. The van der Waals surface area contributed by atoms with Gasteiger partial charge in [0.25, 0.3) is 0 Å². The molecule has 0 aromatic heterocycles. The zero-order valence-electron chi connectivity index (χ0n) is 23.1. The highest BCUT2D eigenvalue weighted by atomic mass is 32.2. The van der Waals surface area contributed by atoms with E-state index in [4.69, 9.17) is 4.74 Å². The van der Waals surface area contributed by atoms with Crippen molar-refractivity contribution < 1.29 is 19.1 Å². The average Bonchev–Trinajstić information content (AvgIpc) is 3.49. The zero-order valence-corrected chi connectivity index (χ0v) is 23.9. The third kappa shape index (κ3) is 7.48. The molecule has 0 radical (unpaired) electrons. The van der Waals surface area contributed by atoms with Gasteiger partial charge in [-0.2, -0.15) is 0 Å². The molecule has 0 aliphatic carbocycles. The quantitative estimate of drug-likeness (QED) is 0.532.